The molecule has 0 saturated carbocycles. The molecule has 0 saturated heterocycles. The van der Waals surface area contributed by atoms with Gasteiger partial charge in [0.05, 0.1) is 0 Å². The second-order valence-corrected chi connectivity index (χ2v) is 16.2. The number of rotatable bonds is 3. The van der Waals surface area contributed by atoms with Gasteiger partial charge in [-0.1, -0.05) is 35.4 Å². The van der Waals surface area contributed by atoms with Gasteiger partial charge in [-0.25, -0.2) is 24.3 Å². The number of halogens is 2. The first-order chi connectivity index (χ1) is 16.2. The normalized spacial score (nSPS) is 9.42. The second kappa shape index (κ2) is 20.7. The molecule has 5 aromatic carbocycles. The standard InChI is InChI=1S/C13H9.C8H11Si.2C5H5.2ClH.Fe.Zr/c1-3-7-12-10(5-1)9-11-6-2-4-8-13(11)12;1-9-7-6-8-4-2-3-5-8;2*1-2-4-5-3-1;;;;/h1-5,7-8H,9H2;2-5H,6-7H2,1H3;2*1-5H;2*1H;;/q4*-1;;;2*+2/p-2. The third-order valence-electron chi connectivity index (χ3n) is 5.25. The molecular formula is C31H30Cl2FeSiZr-2. The van der Waals surface area contributed by atoms with E-state index in [0.29, 0.717) is 0 Å². The molecule has 0 unspecified atom stereocenters. The first-order valence-electron chi connectivity index (χ1n) is 11.4. The monoisotopic (exact) mass is 646 g/mol. The topological polar surface area (TPSA) is 0 Å². The van der Waals surface area contributed by atoms with E-state index in [2.05, 4.69) is 73.3 Å². The molecular weight excluding hydrogens is 618 g/mol. The zero-order valence-corrected chi connectivity index (χ0v) is 26.4. The van der Waals surface area contributed by atoms with Crippen molar-refractivity contribution in [2.24, 2.45) is 0 Å². The summed E-state index contributed by atoms with van der Waals surface area (Å²) in [6, 6.07) is 48.3. The summed E-state index contributed by atoms with van der Waals surface area (Å²) in [4.78, 5) is 0. The zero-order chi connectivity index (χ0) is 23.1. The van der Waals surface area contributed by atoms with Crippen molar-refractivity contribution in [1.82, 2.24) is 0 Å². The summed E-state index contributed by atoms with van der Waals surface area (Å²) in [6.07, 6.45) is 2.36. The van der Waals surface area contributed by atoms with Crippen LogP contribution in [0.2, 0.25) is 12.6 Å². The van der Waals surface area contributed by atoms with Crippen LogP contribution in [0.4, 0.5) is 0 Å². The average Bonchev–Trinajstić information content (AvgIpc) is 3.68. The molecule has 0 aliphatic heterocycles. The predicted molar refractivity (Wildman–Crippen MR) is 140 cm³/mol. The van der Waals surface area contributed by atoms with E-state index >= 15 is 0 Å². The van der Waals surface area contributed by atoms with Gasteiger partial charge < -0.3 is 24.8 Å². The molecule has 0 fully saturated rings. The van der Waals surface area contributed by atoms with Gasteiger partial charge in [0.2, 0.25) is 0 Å². The summed E-state index contributed by atoms with van der Waals surface area (Å²) in [7, 11) is 0. The molecule has 5 heteroatoms. The summed E-state index contributed by atoms with van der Waals surface area (Å²) in [5.74, 6) is 0. The van der Waals surface area contributed by atoms with E-state index in [1.165, 1.54) is 40.3 Å². The van der Waals surface area contributed by atoms with Crippen molar-refractivity contribution < 1.29 is 65.2 Å². The fourth-order valence-electron chi connectivity index (χ4n) is 3.55. The fourth-order valence-corrected chi connectivity index (χ4v) is 5.14. The van der Waals surface area contributed by atoms with Crippen molar-refractivity contribution in [1.29, 1.82) is 0 Å². The minimum atomic E-state index is 0. The third-order valence-corrected chi connectivity index (χ3v) is 8.09. The Balaban J connectivity index is 0.000000476. The average molecular weight is 649 g/mol. The minimum Gasteiger partial charge on any atom is -1.00 e. The predicted octanol–water partition coefficient (Wildman–Crippen LogP) is 1.99. The largest absolute Gasteiger partial charge is 2.00 e. The van der Waals surface area contributed by atoms with Gasteiger partial charge in [-0.05, 0) is 6.42 Å². The van der Waals surface area contributed by atoms with Crippen LogP contribution in [0.5, 0.6) is 0 Å². The zero-order valence-electron chi connectivity index (χ0n) is 20.4. The molecule has 0 radical (unpaired) electrons. The Labute approximate surface area is 255 Å². The fraction of sp³-hybridized carbons (Fsp3) is 0.129. The second-order valence-electron chi connectivity index (χ2n) is 7.89. The van der Waals surface area contributed by atoms with E-state index in [-0.39, 0.29) is 47.3 Å². The van der Waals surface area contributed by atoms with Crippen LogP contribution in [0.3, 0.4) is 0 Å². The first-order valence-corrected chi connectivity index (χ1v) is 17.3. The minimum absolute atomic E-state index is 0. The molecule has 1 aliphatic carbocycles. The Kier molecular flexibility index (Phi) is 20.0. The van der Waals surface area contributed by atoms with Gasteiger partial charge in [0.15, 0.2) is 0 Å². The quantitative estimate of drug-likeness (QED) is 0.204. The Bertz CT molecular complexity index is 1060. The van der Waals surface area contributed by atoms with Crippen LogP contribution in [-0.2, 0) is 53.2 Å². The molecule has 0 N–H and O–H groups in total. The van der Waals surface area contributed by atoms with Crippen molar-refractivity contribution in [2.75, 3.05) is 0 Å². The Morgan fingerprint density at radius 3 is 1.92 bits per heavy atom. The van der Waals surface area contributed by atoms with E-state index in [1.807, 2.05) is 66.7 Å². The summed E-state index contributed by atoms with van der Waals surface area (Å²) < 4.78 is 0. The van der Waals surface area contributed by atoms with Gasteiger partial charge in [0, 0.05) is 0 Å². The van der Waals surface area contributed by atoms with Crippen molar-refractivity contribution in [3.8, 4) is 11.1 Å². The van der Waals surface area contributed by atoms with Gasteiger partial charge in [0.1, 0.15) is 0 Å². The molecule has 0 spiro atoms. The number of hydrogen-bond donors (Lipinski definition) is 0. The van der Waals surface area contributed by atoms with Crippen LogP contribution in [0.1, 0.15) is 16.7 Å². The maximum absolute atomic E-state index is 3.30. The molecule has 186 valence electrons. The number of fused-ring (bicyclic) bond motifs is 3. The van der Waals surface area contributed by atoms with Crippen LogP contribution < -0.4 is 24.8 Å². The van der Waals surface area contributed by atoms with Crippen LogP contribution in [0.15, 0.2) is 127 Å². The molecule has 6 rings (SSSR count). The summed E-state index contributed by atoms with van der Waals surface area (Å²) in [6.45, 7) is 2.41. The van der Waals surface area contributed by atoms with E-state index in [9.17, 15) is 0 Å². The molecule has 0 amide bonds. The van der Waals surface area contributed by atoms with E-state index < -0.39 is 0 Å². The van der Waals surface area contributed by atoms with Crippen LogP contribution in [0, 0.1) is 6.07 Å². The van der Waals surface area contributed by atoms with Gasteiger partial charge in [-0.3, -0.25) is 0 Å². The molecule has 5 aromatic rings. The molecule has 0 heterocycles. The number of benzene rings is 2. The van der Waals surface area contributed by atoms with Crippen molar-refractivity contribution in [2.45, 2.75) is 25.4 Å². The van der Waals surface area contributed by atoms with Gasteiger partial charge in [-0.15, -0.1) is 5.56 Å². The van der Waals surface area contributed by atoms with Crippen LogP contribution in [0.25, 0.3) is 11.1 Å². The molecule has 36 heavy (non-hydrogen) atoms. The number of aryl methyl sites for hydroxylation is 1. The van der Waals surface area contributed by atoms with Gasteiger partial charge in [-0.2, -0.15) is 66.2 Å². The Morgan fingerprint density at radius 1 is 0.778 bits per heavy atom. The summed E-state index contributed by atoms with van der Waals surface area (Å²) in [5, 5.41) is 0. The van der Waals surface area contributed by atoms with Crippen LogP contribution >= 0.6 is 0 Å². The van der Waals surface area contributed by atoms with Crippen LogP contribution in [-0.4, -0.2) is 5.43 Å². The molecule has 0 nitrogen and oxygen atoms in total. The molecule has 0 atom stereocenters. The van der Waals surface area contributed by atoms with Crippen molar-refractivity contribution in [3.63, 3.8) is 0 Å². The Morgan fingerprint density at radius 2 is 1.39 bits per heavy atom. The maximum Gasteiger partial charge on any atom is 2.00 e. The van der Waals surface area contributed by atoms with Crippen molar-refractivity contribution in [3.05, 3.63) is 150 Å². The number of hydrogen-bond acceptors (Lipinski definition) is 0. The SMILES string of the molecule is C[Si](=[Zr+2])CCc1ccc[cH-]1.[Cl-].[Cl-].[Fe+2].[c-]1cccc2c1Cc1ccccc1-2.c1cc[cH-]c1.c1cc[cH-]c1. The maximum atomic E-state index is 3.30. The van der Waals surface area contributed by atoms with Gasteiger partial charge in [0.25, 0.3) is 0 Å². The van der Waals surface area contributed by atoms with Gasteiger partial charge >= 0.3 is 94.7 Å². The van der Waals surface area contributed by atoms with Crippen molar-refractivity contribution >= 4 is 5.43 Å². The third kappa shape index (κ3) is 12.8. The van der Waals surface area contributed by atoms with E-state index in [0.717, 1.165) is 6.42 Å². The smallest absolute Gasteiger partial charge is 1.00 e. The first kappa shape index (κ1) is 34.7. The molecule has 0 aromatic heterocycles. The summed E-state index contributed by atoms with van der Waals surface area (Å²) in [5.41, 5.74) is 7.11. The Hall–Kier alpha value is -1.31. The summed E-state index contributed by atoms with van der Waals surface area (Å²) >= 11 is 1.77. The van der Waals surface area contributed by atoms with E-state index in [1.54, 1.807) is 23.3 Å². The molecule has 0 bridgehead atoms. The van der Waals surface area contributed by atoms with E-state index in [4.69, 9.17) is 0 Å². The molecule has 1 aliphatic rings.